The highest BCUT2D eigenvalue weighted by Gasteiger charge is 2.53. The standard InChI is InChI=1S/C24H27FN6O/c1-15(18-12-23(2)7-4-8-24(3,30-23)21(18)25)22-27-13-19(28-29-22)17-6-5-16(11-20(17)32)31-10-9-26-14-31/h5-6,9-11,13-14,18,21,30,32H,1,4,7-8,12H2,2-3H3/t18-,21+,23+,24-/m0/s1. The molecule has 1 aromatic carbocycles. The largest absolute Gasteiger partial charge is 0.507 e. The first-order valence-electron chi connectivity index (χ1n) is 10.9. The summed E-state index contributed by atoms with van der Waals surface area (Å²) in [6, 6.07) is 5.25. The molecular formula is C24H27FN6O. The van der Waals surface area contributed by atoms with Crippen molar-refractivity contribution in [3.05, 3.63) is 55.5 Å². The van der Waals surface area contributed by atoms with Crippen LogP contribution in [0.3, 0.4) is 0 Å². The van der Waals surface area contributed by atoms with Crippen LogP contribution in [-0.4, -0.2) is 47.1 Å². The fourth-order valence-electron chi connectivity index (χ4n) is 5.37. The lowest BCUT2D eigenvalue weighted by molar-refractivity contribution is -0.00610. The number of rotatable bonds is 4. The molecule has 2 fully saturated rings. The maximum absolute atomic E-state index is 15.5. The van der Waals surface area contributed by atoms with Crippen molar-refractivity contribution in [3.8, 4) is 22.7 Å². The van der Waals surface area contributed by atoms with Crippen LogP contribution in [0, 0.1) is 5.92 Å². The Morgan fingerprint density at radius 2 is 2.12 bits per heavy atom. The van der Waals surface area contributed by atoms with Gasteiger partial charge in [0, 0.05) is 41.0 Å². The monoisotopic (exact) mass is 434 g/mol. The van der Waals surface area contributed by atoms with Crippen LogP contribution in [-0.2, 0) is 0 Å². The molecule has 3 aromatic rings. The zero-order valence-electron chi connectivity index (χ0n) is 18.3. The van der Waals surface area contributed by atoms with E-state index in [1.54, 1.807) is 41.6 Å². The summed E-state index contributed by atoms with van der Waals surface area (Å²) >= 11 is 0. The number of phenols is 1. The fraction of sp³-hybridized carbons (Fsp3) is 0.417. The molecule has 0 amide bonds. The number of nitrogens with one attached hydrogen (secondary N) is 1. The number of allylic oxidation sites excluding steroid dienone is 1. The molecule has 0 aliphatic carbocycles. The van der Waals surface area contributed by atoms with Crippen molar-refractivity contribution in [2.75, 3.05) is 0 Å². The van der Waals surface area contributed by atoms with Gasteiger partial charge < -0.3 is 15.0 Å². The molecule has 7 nitrogen and oxygen atoms in total. The predicted molar refractivity (Wildman–Crippen MR) is 120 cm³/mol. The molecule has 0 unspecified atom stereocenters. The van der Waals surface area contributed by atoms with Gasteiger partial charge in [0.05, 0.1) is 18.2 Å². The van der Waals surface area contributed by atoms with Gasteiger partial charge in [0.1, 0.15) is 17.6 Å². The Balaban J connectivity index is 1.38. The molecule has 32 heavy (non-hydrogen) atoms. The number of halogens is 1. The molecule has 0 saturated carbocycles. The summed E-state index contributed by atoms with van der Waals surface area (Å²) in [5.74, 6) is 0.0555. The summed E-state index contributed by atoms with van der Waals surface area (Å²) in [5, 5.41) is 22.5. The number of imidazole rings is 1. The number of hydrogen-bond acceptors (Lipinski definition) is 6. The second kappa shape index (κ2) is 7.48. The summed E-state index contributed by atoms with van der Waals surface area (Å²) in [7, 11) is 0. The molecule has 2 aliphatic rings. The van der Waals surface area contributed by atoms with Crippen LogP contribution in [0.1, 0.15) is 45.4 Å². The molecule has 0 radical (unpaired) electrons. The quantitative estimate of drug-likeness (QED) is 0.643. The van der Waals surface area contributed by atoms with E-state index in [2.05, 4.69) is 39.0 Å². The molecule has 4 atom stereocenters. The molecule has 8 heteroatoms. The first-order valence-corrected chi connectivity index (χ1v) is 10.9. The first kappa shape index (κ1) is 20.8. The number of nitrogens with zero attached hydrogens (tertiary/aromatic N) is 5. The van der Waals surface area contributed by atoms with Crippen LogP contribution in [0.5, 0.6) is 5.75 Å². The van der Waals surface area contributed by atoms with Crippen molar-refractivity contribution in [2.24, 2.45) is 5.92 Å². The normalized spacial score (nSPS) is 29.6. The topological polar surface area (TPSA) is 88.8 Å². The highest BCUT2D eigenvalue weighted by Crippen LogP contribution is 2.47. The van der Waals surface area contributed by atoms with Crippen molar-refractivity contribution in [1.29, 1.82) is 0 Å². The number of fused-ring (bicyclic) bond motifs is 2. The van der Waals surface area contributed by atoms with Crippen LogP contribution >= 0.6 is 0 Å². The zero-order valence-corrected chi connectivity index (χ0v) is 18.3. The third-order valence-electron chi connectivity index (χ3n) is 7.00. The van der Waals surface area contributed by atoms with Crippen molar-refractivity contribution >= 4 is 5.57 Å². The van der Waals surface area contributed by atoms with Gasteiger partial charge in [0.2, 0.25) is 0 Å². The number of piperidine rings is 2. The highest BCUT2D eigenvalue weighted by molar-refractivity contribution is 5.68. The van der Waals surface area contributed by atoms with E-state index in [1.165, 1.54) is 0 Å². The SMILES string of the molecule is C=C(c1ncc(-c2ccc(-n3ccnc3)cc2O)nn1)[C@@H]1C[C@@]2(C)CCC[C@](C)(N2)[C@@H]1F. The van der Waals surface area contributed by atoms with Crippen molar-refractivity contribution in [1.82, 2.24) is 30.0 Å². The molecule has 166 valence electrons. The molecule has 2 saturated heterocycles. The smallest absolute Gasteiger partial charge is 0.177 e. The van der Waals surface area contributed by atoms with Gasteiger partial charge in [0.15, 0.2) is 5.82 Å². The van der Waals surface area contributed by atoms with Gasteiger partial charge in [0.25, 0.3) is 0 Å². The third-order valence-corrected chi connectivity index (χ3v) is 7.00. The van der Waals surface area contributed by atoms with E-state index in [9.17, 15) is 5.11 Å². The Morgan fingerprint density at radius 3 is 2.81 bits per heavy atom. The Morgan fingerprint density at radius 1 is 1.28 bits per heavy atom. The lowest BCUT2D eigenvalue weighted by Gasteiger charge is -2.55. The number of benzene rings is 1. The summed E-state index contributed by atoms with van der Waals surface area (Å²) in [6.45, 7) is 8.28. The van der Waals surface area contributed by atoms with Gasteiger partial charge >= 0.3 is 0 Å². The maximum Gasteiger partial charge on any atom is 0.177 e. The second-order valence-electron chi connectivity index (χ2n) is 9.53. The number of alkyl halides is 1. The highest BCUT2D eigenvalue weighted by atomic mass is 19.1. The molecule has 2 bridgehead atoms. The van der Waals surface area contributed by atoms with Gasteiger partial charge in [-0.05, 0) is 57.2 Å². The lowest BCUT2D eigenvalue weighted by Crippen LogP contribution is -2.68. The number of phenolic OH excluding ortho intramolecular Hbond substituents is 1. The van der Waals surface area contributed by atoms with E-state index in [1.807, 2.05) is 13.0 Å². The first-order chi connectivity index (χ1) is 15.3. The van der Waals surface area contributed by atoms with Gasteiger partial charge in [-0.3, -0.25) is 0 Å². The van der Waals surface area contributed by atoms with Crippen LogP contribution in [0.15, 0.2) is 49.7 Å². The average molecular weight is 435 g/mol. The van der Waals surface area contributed by atoms with Gasteiger partial charge in [-0.1, -0.05) is 6.58 Å². The van der Waals surface area contributed by atoms with Crippen LogP contribution in [0.4, 0.5) is 4.39 Å². The Labute approximate surface area is 186 Å². The molecule has 2 N–H and O–H groups in total. The molecule has 2 aromatic heterocycles. The maximum atomic E-state index is 15.5. The summed E-state index contributed by atoms with van der Waals surface area (Å²) < 4.78 is 17.3. The number of aromatic hydroxyl groups is 1. The molecule has 2 aliphatic heterocycles. The van der Waals surface area contributed by atoms with E-state index in [0.717, 1.165) is 24.9 Å². The van der Waals surface area contributed by atoms with Crippen LogP contribution < -0.4 is 5.32 Å². The molecule has 0 spiro atoms. The van der Waals surface area contributed by atoms with E-state index < -0.39 is 11.7 Å². The number of hydrogen-bond donors (Lipinski definition) is 2. The molecule has 5 rings (SSSR count). The Hall–Kier alpha value is -3.13. The van der Waals surface area contributed by atoms with Crippen molar-refractivity contribution in [2.45, 2.75) is 56.8 Å². The zero-order chi connectivity index (χ0) is 22.5. The van der Waals surface area contributed by atoms with Crippen LogP contribution in [0.25, 0.3) is 22.5 Å². The van der Waals surface area contributed by atoms with E-state index in [-0.39, 0.29) is 17.2 Å². The lowest BCUT2D eigenvalue weighted by atomic mass is 9.64. The van der Waals surface area contributed by atoms with Gasteiger partial charge in [-0.25, -0.2) is 14.4 Å². The van der Waals surface area contributed by atoms with Gasteiger partial charge in [-0.2, -0.15) is 0 Å². The van der Waals surface area contributed by atoms with Gasteiger partial charge in [-0.15, -0.1) is 10.2 Å². The third kappa shape index (κ3) is 3.48. The van der Waals surface area contributed by atoms with Crippen molar-refractivity contribution < 1.29 is 9.50 Å². The fourth-order valence-corrected chi connectivity index (χ4v) is 5.37. The summed E-state index contributed by atoms with van der Waals surface area (Å²) in [6.07, 6.45) is 9.12. The summed E-state index contributed by atoms with van der Waals surface area (Å²) in [4.78, 5) is 8.45. The Kier molecular flexibility index (Phi) is 4.85. The van der Waals surface area contributed by atoms with Crippen molar-refractivity contribution in [3.63, 3.8) is 0 Å². The van der Waals surface area contributed by atoms with E-state index in [0.29, 0.717) is 29.1 Å². The minimum atomic E-state index is -1.06. The predicted octanol–water partition coefficient (Wildman–Crippen LogP) is 4.09. The van der Waals surface area contributed by atoms with E-state index >= 15 is 4.39 Å². The van der Waals surface area contributed by atoms with Crippen LogP contribution in [0.2, 0.25) is 0 Å². The Bertz CT molecular complexity index is 1150. The molecular weight excluding hydrogens is 407 g/mol. The minimum Gasteiger partial charge on any atom is -0.507 e. The second-order valence-corrected chi connectivity index (χ2v) is 9.53. The summed E-state index contributed by atoms with van der Waals surface area (Å²) in [5.41, 5.74) is 1.65. The molecule has 4 heterocycles. The number of aromatic nitrogens is 5. The average Bonchev–Trinajstić information content (AvgIpc) is 3.31. The minimum absolute atomic E-state index is 0.0646. The van der Waals surface area contributed by atoms with E-state index in [4.69, 9.17) is 0 Å².